The van der Waals surface area contributed by atoms with Crippen LogP contribution in [0.25, 0.3) is 5.82 Å². The minimum atomic E-state index is 0.308. The summed E-state index contributed by atoms with van der Waals surface area (Å²) in [4.78, 5) is 8.43. The van der Waals surface area contributed by atoms with Crippen LogP contribution < -0.4 is 5.73 Å². The van der Waals surface area contributed by atoms with E-state index in [-0.39, 0.29) is 0 Å². The Balaban J connectivity index is 2.65. The average molecular weight is 228 g/mol. The first-order chi connectivity index (χ1) is 8.02. The number of hydrogen-bond acceptors (Lipinski definition) is 5. The van der Waals surface area contributed by atoms with Crippen LogP contribution in [0.3, 0.4) is 0 Å². The van der Waals surface area contributed by atoms with Crippen LogP contribution in [0.5, 0.6) is 0 Å². The molecule has 2 aromatic rings. The molecule has 0 fully saturated rings. The summed E-state index contributed by atoms with van der Waals surface area (Å²) in [5, 5.41) is 13.2. The molecule has 0 saturated heterocycles. The smallest absolute Gasteiger partial charge is 0.159 e. The van der Waals surface area contributed by atoms with Gasteiger partial charge >= 0.3 is 0 Å². The molecule has 0 unspecified atom stereocenters. The average Bonchev–Trinajstić information content (AvgIpc) is 2.52. The minimum Gasteiger partial charge on any atom is -0.382 e. The van der Waals surface area contributed by atoms with E-state index in [9.17, 15) is 0 Å². The van der Waals surface area contributed by atoms with Gasteiger partial charge in [0, 0.05) is 11.8 Å². The van der Waals surface area contributed by atoms with E-state index in [1.54, 1.807) is 19.9 Å². The first-order valence-corrected chi connectivity index (χ1v) is 5.10. The number of aryl methyl sites for hydroxylation is 3. The van der Waals surface area contributed by atoms with E-state index < -0.39 is 0 Å². The molecule has 0 radical (unpaired) electrons. The second kappa shape index (κ2) is 3.87. The van der Waals surface area contributed by atoms with Crippen LogP contribution in [0.1, 0.15) is 22.8 Å². The van der Waals surface area contributed by atoms with Crippen molar-refractivity contribution >= 4 is 5.82 Å². The van der Waals surface area contributed by atoms with E-state index in [1.165, 1.54) is 4.68 Å². The van der Waals surface area contributed by atoms with Crippen LogP contribution >= 0.6 is 0 Å². The molecule has 2 N–H and O–H groups in total. The second-order valence-electron chi connectivity index (χ2n) is 3.78. The van der Waals surface area contributed by atoms with Gasteiger partial charge in [-0.3, -0.25) is 0 Å². The van der Waals surface area contributed by atoms with Crippen molar-refractivity contribution in [1.82, 2.24) is 19.7 Å². The Kier molecular flexibility index (Phi) is 2.52. The van der Waals surface area contributed by atoms with Crippen molar-refractivity contribution in [3.05, 3.63) is 28.8 Å². The third-order valence-electron chi connectivity index (χ3n) is 2.38. The Morgan fingerprint density at radius 1 is 1.29 bits per heavy atom. The molecule has 6 nitrogen and oxygen atoms in total. The summed E-state index contributed by atoms with van der Waals surface area (Å²) in [6, 6.07) is 3.81. The topological polar surface area (TPSA) is 93.4 Å². The summed E-state index contributed by atoms with van der Waals surface area (Å²) in [5.74, 6) is 1.53. The number of rotatable bonds is 1. The van der Waals surface area contributed by atoms with Gasteiger partial charge in [-0.25, -0.2) is 9.97 Å². The molecule has 0 aliphatic carbocycles. The zero-order chi connectivity index (χ0) is 12.6. The van der Waals surface area contributed by atoms with Crippen molar-refractivity contribution in [3.63, 3.8) is 0 Å². The van der Waals surface area contributed by atoms with Gasteiger partial charge in [0.25, 0.3) is 0 Å². The predicted octanol–water partition coefficient (Wildman–Crippen LogP) is 1.04. The standard InChI is InChI=1S/C11H12N6/c1-6-4-10(15-8(3)14-6)17-11(13)9(5-12)7(2)16-17/h4H,13H2,1-3H3. The molecule has 0 bridgehead atoms. The number of hydrogen-bond donors (Lipinski definition) is 1. The highest BCUT2D eigenvalue weighted by Crippen LogP contribution is 2.18. The lowest BCUT2D eigenvalue weighted by Crippen LogP contribution is -2.07. The van der Waals surface area contributed by atoms with Crippen LogP contribution in [0.2, 0.25) is 0 Å². The van der Waals surface area contributed by atoms with E-state index in [0.29, 0.717) is 28.7 Å². The normalized spacial score (nSPS) is 10.2. The number of nitrogens with two attached hydrogens (primary N) is 1. The fraction of sp³-hybridized carbons (Fsp3) is 0.273. The molecule has 2 heterocycles. The summed E-state index contributed by atoms with van der Waals surface area (Å²) < 4.78 is 1.47. The van der Waals surface area contributed by atoms with E-state index >= 15 is 0 Å². The monoisotopic (exact) mass is 228 g/mol. The fourth-order valence-electron chi connectivity index (χ4n) is 1.66. The predicted molar refractivity (Wildman–Crippen MR) is 62.5 cm³/mol. The third-order valence-corrected chi connectivity index (χ3v) is 2.38. The van der Waals surface area contributed by atoms with E-state index in [0.717, 1.165) is 5.69 Å². The number of nitrogens with zero attached hydrogens (tertiary/aromatic N) is 5. The second-order valence-corrected chi connectivity index (χ2v) is 3.78. The number of aromatic nitrogens is 4. The lowest BCUT2D eigenvalue weighted by molar-refractivity contribution is 0.819. The first-order valence-electron chi connectivity index (χ1n) is 5.10. The summed E-state index contributed by atoms with van der Waals surface area (Å²) in [5.41, 5.74) is 7.68. The van der Waals surface area contributed by atoms with Gasteiger partial charge in [-0.1, -0.05) is 0 Å². The third kappa shape index (κ3) is 1.83. The zero-order valence-corrected chi connectivity index (χ0v) is 9.89. The minimum absolute atomic E-state index is 0.308. The van der Waals surface area contributed by atoms with E-state index in [4.69, 9.17) is 11.0 Å². The zero-order valence-electron chi connectivity index (χ0n) is 9.89. The van der Waals surface area contributed by atoms with Crippen LogP contribution in [-0.2, 0) is 0 Å². The van der Waals surface area contributed by atoms with Gasteiger partial charge in [0.2, 0.25) is 0 Å². The van der Waals surface area contributed by atoms with Gasteiger partial charge in [-0.15, -0.1) is 0 Å². The maximum atomic E-state index is 8.95. The molecule has 0 atom stereocenters. The van der Waals surface area contributed by atoms with Crippen LogP contribution in [0, 0.1) is 32.1 Å². The van der Waals surface area contributed by atoms with Gasteiger partial charge in [-0.2, -0.15) is 15.0 Å². The number of nitriles is 1. The first kappa shape index (κ1) is 11.1. The van der Waals surface area contributed by atoms with Gasteiger partial charge in [0.1, 0.15) is 23.3 Å². The Morgan fingerprint density at radius 2 is 2.00 bits per heavy atom. The Bertz CT molecular complexity index is 599. The molecular weight excluding hydrogens is 216 g/mol. The van der Waals surface area contributed by atoms with Gasteiger partial charge in [0.05, 0.1) is 5.69 Å². The van der Waals surface area contributed by atoms with E-state index in [2.05, 4.69) is 15.1 Å². The molecule has 0 aliphatic rings. The van der Waals surface area contributed by atoms with Crippen molar-refractivity contribution in [3.8, 4) is 11.9 Å². The Hall–Kier alpha value is -2.42. The molecule has 0 aromatic carbocycles. The molecule has 0 amide bonds. The van der Waals surface area contributed by atoms with E-state index in [1.807, 2.05) is 13.0 Å². The van der Waals surface area contributed by atoms with Crippen LogP contribution in [0.15, 0.2) is 6.07 Å². The summed E-state index contributed by atoms with van der Waals surface area (Å²) in [6.45, 7) is 5.41. The maximum absolute atomic E-state index is 8.95. The van der Waals surface area contributed by atoms with Crippen molar-refractivity contribution in [1.29, 1.82) is 5.26 Å². The highest BCUT2D eigenvalue weighted by Gasteiger charge is 2.14. The van der Waals surface area contributed by atoms with Crippen molar-refractivity contribution in [2.45, 2.75) is 20.8 Å². The molecule has 0 saturated carbocycles. The molecule has 0 aliphatic heterocycles. The number of nitrogen functional groups attached to an aromatic ring is 1. The quantitative estimate of drug-likeness (QED) is 0.787. The molecule has 6 heteroatoms. The molecule has 2 aromatic heterocycles. The lowest BCUT2D eigenvalue weighted by Gasteiger charge is -2.04. The SMILES string of the molecule is Cc1cc(-n2nc(C)c(C#N)c2N)nc(C)n1. The maximum Gasteiger partial charge on any atom is 0.159 e. The van der Waals surface area contributed by atoms with Gasteiger partial charge in [-0.05, 0) is 20.8 Å². The highest BCUT2D eigenvalue weighted by atomic mass is 15.3. The lowest BCUT2D eigenvalue weighted by atomic mass is 10.3. The number of anilines is 1. The van der Waals surface area contributed by atoms with Crippen molar-refractivity contribution < 1.29 is 0 Å². The molecule has 2 rings (SSSR count). The van der Waals surface area contributed by atoms with Crippen molar-refractivity contribution in [2.75, 3.05) is 5.73 Å². The molecule has 86 valence electrons. The Morgan fingerprint density at radius 3 is 2.53 bits per heavy atom. The Labute approximate surface area is 98.7 Å². The fourth-order valence-corrected chi connectivity index (χ4v) is 1.66. The van der Waals surface area contributed by atoms with Gasteiger partial charge < -0.3 is 5.73 Å². The van der Waals surface area contributed by atoms with Crippen LogP contribution in [-0.4, -0.2) is 19.7 Å². The summed E-state index contributed by atoms with van der Waals surface area (Å²) in [6.07, 6.45) is 0. The molecule has 17 heavy (non-hydrogen) atoms. The van der Waals surface area contributed by atoms with Gasteiger partial charge in [0.15, 0.2) is 5.82 Å². The summed E-state index contributed by atoms with van der Waals surface area (Å²) in [7, 11) is 0. The summed E-state index contributed by atoms with van der Waals surface area (Å²) >= 11 is 0. The van der Waals surface area contributed by atoms with Crippen LogP contribution in [0.4, 0.5) is 5.82 Å². The highest BCUT2D eigenvalue weighted by molar-refractivity contribution is 5.54. The van der Waals surface area contributed by atoms with Crippen molar-refractivity contribution in [2.24, 2.45) is 0 Å². The molecular formula is C11H12N6. The molecule has 0 spiro atoms. The largest absolute Gasteiger partial charge is 0.382 e.